The Morgan fingerprint density at radius 2 is 2.00 bits per heavy atom. The van der Waals surface area contributed by atoms with Crippen LogP contribution in [0.25, 0.3) is 0 Å². The van der Waals surface area contributed by atoms with E-state index >= 15 is 0 Å². The van der Waals surface area contributed by atoms with Crippen LogP contribution < -0.4 is 0 Å². The van der Waals surface area contributed by atoms with Gasteiger partial charge >= 0.3 is 6.18 Å². The van der Waals surface area contributed by atoms with E-state index in [1.165, 1.54) is 12.5 Å². The molecule has 1 aromatic carbocycles. The number of benzene rings is 1. The van der Waals surface area contributed by atoms with Gasteiger partial charge in [-0.1, -0.05) is 35.8 Å². The molecule has 0 N–H and O–H groups in total. The number of aryl methyl sites for hydroxylation is 1. The minimum Gasteiger partial charge on any atom is -0.338 e. The molecule has 0 aliphatic carbocycles. The highest BCUT2D eigenvalue weighted by molar-refractivity contribution is 5.27. The highest BCUT2D eigenvalue weighted by atomic mass is 19.4. The lowest BCUT2D eigenvalue weighted by atomic mass is 9.97. The van der Waals surface area contributed by atoms with Gasteiger partial charge in [0.2, 0.25) is 5.89 Å². The van der Waals surface area contributed by atoms with Crippen molar-refractivity contribution in [3.63, 3.8) is 0 Å². The first-order valence-corrected chi connectivity index (χ1v) is 10.6. The van der Waals surface area contributed by atoms with Crippen molar-refractivity contribution in [2.24, 2.45) is 0 Å². The fourth-order valence-corrected chi connectivity index (χ4v) is 4.10. The van der Waals surface area contributed by atoms with Gasteiger partial charge in [0, 0.05) is 24.4 Å². The highest BCUT2D eigenvalue weighted by Gasteiger charge is 2.30. The molecule has 0 saturated carbocycles. The molecule has 0 unspecified atom stereocenters. The molecule has 31 heavy (non-hydrogen) atoms. The van der Waals surface area contributed by atoms with Crippen LogP contribution in [0.1, 0.15) is 54.2 Å². The second-order valence-corrected chi connectivity index (χ2v) is 7.96. The van der Waals surface area contributed by atoms with E-state index in [4.69, 9.17) is 4.52 Å². The summed E-state index contributed by atoms with van der Waals surface area (Å²) in [6, 6.07) is 11.6. The molecular formula is C23H25F3N4O. The fourth-order valence-electron chi connectivity index (χ4n) is 4.10. The van der Waals surface area contributed by atoms with Crippen LogP contribution in [0.3, 0.4) is 0 Å². The van der Waals surface area contributed by atoms with Gasteiger partial charge in [0.1, 0.15) is 0 Å². The predicted octanol–water partition coefficient (Wildman–Crippen LogP) is 5.06. The van der Waals surface area contributed by atoms with Crippen molar-refractivity contribution >= 4 is 0 Å². The molecule has 3 aromatic rings. The van der Waals surface area contributed by atoms with E-state index in [0.717, 1.165) is 50.1 Å². The summed E-state index contributed by atoms with van der Waals surface area (Å²) in [7, 11) is 0. The van der Waals surface area contributed by atoms with Crippen LogP contribution in [0.4, 0.5) is 13.2 Å². The van der Waals surface area contributed by atoms with Crippen LogP contribution in [0.2, 0.25) is 0 Å². The molecule has 0 amide bonds. The normalized spacial score (nSPS) is 17.7. The van der Waals surface area contributed by atoms with Gasteiger partial charge in [0.15, 0.2) is 5.82 Å². The van der Waals surface area contributed by atoms with Gasteiger partial charge in [-0.25, -0.2) is 0 Å². The van der Waals surface area contributed by atoms with Crippen LogP contribution in [0, 0.1) is 0 Å². The molecule has 1 fully saturated rings. The molecule has 1 saturated heterocycles. The highest BCUT2D eigenvalue weighted by Crippen LogP contribution is 2.30. The van der Waals surface area contributed by atoms with E-state index < -0.39 is 11.7 Å². The maximum absolute atomic E-state index is 12.9. The average Bonchev–Trinajstić information content (AvgIpc) is 3.20. The van der Waals surface area contributed by atoms with Crippen LogP contribution in [-0.2, 0) is 25.6 Å². The number of alkyl halides is 3. The predicted molar refractivity (Wildman–Crippen MR) is 109 cm³/mol. The summed E-state index contributed by atoms with van der Waals surface area (Å²) in [5, 5.41) is 3.98. The maximum Gasteiger partial charge on any atom is 0.416 e. The Kier molecular flexibility index (Phi) is 6.65. The second kappa shape index (κ2) is 9.60. The SMILES string of the molecule is FC(F)(F)c1cccc(Cc2noc(CN3CCCC[C@@H]3CCc3ccccn3)n2)c1. The summed E-state index contributed by atoms with van der Waals surface area (Å²) in [4.78, 5) is 11.2. The Balaban J connectivity index is 1.37. The van der Waals surface area contributed by atoms with Crippen molar-refractivity contribution in [3.8, 4) is 0 Å². The third-order valence-corrected chi connectivity index (χ3v) is 5.67. The van der Waals surface area contributed by atoms with E-state index in [1.54, 1.807) is 6.07 Å². The molecule has 4 rings (SSSR count). The third kappa shape index (κ3) is 5.91. The lowest BCUT2D eigenvalue weighted by Crippen LogP contribution is -2.39. The van der Waals surface area contributed by atoms with Gasteiger partial charge in [-0.3, -0.25) is 9.88 Å². The first kappa shape index (κ1) is 21.5. The van der Waals surface area contributed by atoms with E-state index in [2.05, 4.69) is 20.0 Å². The Morgan fingerprint density at radius 1 is 1.10 bits per heavy atom. The van der Waals surface area contributed by atoms with E-state index in [1.807, 2.05) is 24.4 Å². The monoisotopic (exact) mass is 430 g/mol. The minimum absolute atomic E-state index is 0.205. The number of pyridine rings is 1. The molecule has 3 heterocycles. The summed E-state index contributed by atoms with van der Waals surface area (Å²) in [6.45, 7) is 1.53. The molecule has 1 aliphatic heterocycles. The van der Waals surface area contributed by atoms with Crippen LogP contribution in [-0.4, -0.2) is 32.6 Å². The lowest BCUT2D eigenvalue weighted by molar-refractivity contribution is -0.137. The molecule has 0 bridgehead atoms. The Hall–Kier alpha value is -2.74. The summed E-state index contributed by atoms with van der Waals surface area (Å²) < 4.78 is 44.2. The van der Waals surface area contributed by atoms with Crippen molar-refractivity contribution in [2.45, 2.75) is 57.3 Å². The number of piperidine rings is 1. The minimum atomic E-state index is -4.36. The Bertz CT molecular complexity index is 974. The van der Waals surface area contributed by atoms with Crippen molar-refractivity contribution in [2.75, 3.05) is 6.54 Å². The summed E-state index contributed by atoms with van der Waals surface area (Å²) in [5.41, 5.74) is 0.931. The van der Waals surface area contributed by atoms with Crippen molar-refractivity contribution in [1.82, 2.24) is 20.0 Å². The zero-order valence-electron chi connectivity index (χ0n) is 17.2. The summed E-state index contributed by atoms with van der Waals surface area (Å²) in [6.07, 6.45) is 3.05. The lowest BCUT2D eigenvalue weighted by Gasteiger charge is -2.34. The molecule has 1 atom stereocenters. The molecule has 164 valence electrons. The number of hydrogen-bond acceptors (Lipinski definition) is 5. The number of aromatic nitrogens is 3. The maximum atomic E-state index is 12.9. The van der Waals surface area contributed by atoms with E-state index in [0.29, 0.717) is 29.9 Å². The van der Waals surface area contributed by atoms with Crippen molar-refractivity contribution in [1.29, 1.82) is 0 Å². The first-order valence-electron chi connectivity index (χ1n) is 10.6. The molecule has 0 radical (unpaired) electrons. The number of likely N-dealkylation sites (tertiary alicyclic amines) is 1. The smallest absolute Gasteiger partial charge is 0.338 e. The molecule has 8 heteroatoms. The van der Waals surface area contributed by atoms with E-state index in [9.17, 15) is 13.2 Å². The average molecular weight is 430 g/mol. The van der Waals surface area contributed by atoms with Crippen molar-refractivity contribution in [3.05, 3.63) is 77.2 Å². The standard InChI is InChI=1S/C23H25F3N4O/c24-23(25,26)18-7-5-6-17(14-18)15-21-28-22(31-29-21)16-30-13-4-2-9-20(30)11-10-19-8-1-3-12-27-19/h1,3,5-8,12,14,20H,2,4,9-11,13,15-16H2/t20-/m1/s1. The number of rotatable bonds is 7. The molecule has 0 spiro atoms. The first-order chi connectivity index (χ1) is 15.0. The summed E-state index contributed by atoms with van der Waals surface area (Å²) in [5.74, 6) is 0.906. The van der Waals surface area contributed by atoms with Gasteiger partial charge in [0.25, 0.3) is 0 Å². The van der Waals surface area contributed by atoms with Gasteiger partial charge in [-0.15, -0.1) is 0 Å². The van der Waals surface area contributed by atoms with Crippen LogP contribution in [0.5, 0.6) is 0 Å². The number of halogens is 3. The molecule has 1 aliphatic rings. The van der Waals surface area contributed by atoms with Crippen LogP contribution in [0.15, 0.2) is 53.2 Å². The zero-order chi connectivity index (χ0) is 21.7. The van der Waals surface area contributed by atoms with Gasteiger partial charge in [0.05, 0.1) is 12.1 Å². The zero-order valence-corrected chi connectivity index (χ0v) is 17.2. The van der Waals surface area contributed by atoms with Gasteiger partial charge in [-0.2, -0.15) is 18.2 Å². The largest absolute Gasteiger partial charge is 0.416 e. The van der Waals surface area contributed by atoms with Gasteiger partial charge in [-0.05, 0) is 56.0 Å². The third-order valence-electron chi connectivity index (χ3n) is 5.67. The number of nitrogens with zero attached hydrogens (tertiary/aromatic N) is 4. The van der Waals surface area contributed by atoms with Crippen molar-refractivity contribution < 1.29 is 17.7 Å². The number of hydrogen-bond donors (Lipinski definition) is 0. The van der Waals surface area contributed by atoms with Gasteiger partial charge < -0.3 is 4.52 Å². The molecule has 5 nitrogen and oxygen atoms in total. The molecular weight excluding hydrogens is 405 g/mol. The molecule has 2 aromatic heterocycles. The van der Waals surface area contributed by atoms with E-state index in [-0.39, 0.29) is 6.42 Å². The fraction of sp³-hybridized carbons (Fsp3) is 0.435. The van der Waals surface area contributed by atoms with Crippen LogP contribution >= 0.6 is 0 Å². The quantitative estimate of drug-likeness (QED) is 0.524. The topological polar surface area (TPSA) is 55.1 Å². The second-order valence-electron chi connectivity index (χ2n) is 7.96. The summed E-state index contributed by atoms with van der Waals surface area (Å²) >= 11 is 0. The Morgan fingerprint density at radius 3 is 2.81 bits per heavy atom. The Labute approximate surface area is 179 Å².